The quantitative estimate of drug-likeness (QED) is 0.551. The summed E-state index contributed by atoms with van der Waals surface area (Å²) in [5.74, 6) is -1.05. The molecule has 1 N–H and O–H groups in total. The van der Waals surface area contributed by atoms with E-state index in [1.807, 2.05) is 0 Å². The highest BCUT2D eigenvalue weighted by Gasteiger charge is 2.56. The first kappa shape index (κ1) is 27.8. The Labute approximate surface area is 229 Å². The minimum atomic E-state index is -1.37. The van der Waals surface area contributed by atoms with Gasteiger partial charge in [-0.1, -0.05) is 57.1 Å². The monoisotopic (exact) mass is 551 g/mol. The van der Waals surface area contributed by atoms with Crippen molar-refractivity contribution < 1.29 is 23.1 Å². The lowest BCUT2D eigenvalue weighted by atomic mass is 9.68. The van der Waals surface area contributed by atoms with Crippen LogP contribution in [0.25, 0.3) is 0 Å². The Morgan fingerprint density at radius 3 is 2.34 bits per heavy atom. The minimum Gasteiger partial charge on any atom is -0.380 e. The van der Waals surface area contributed by atoms with E-state index in [9.17, 15) is 14.0 Å². The van der Waals surface area contributed by atoms with Gasteiger partial charge < -0.3 is 14.5 Å². The van der Waals surface area contributed by atoms with Crippen LogP contribution in [0.15, 0.2) is 18.2 Å². The number of rotatable bonds is 4. The average Bonchev–Trinajstić information content (AvgIpc) is 2.87. The fraction of sp³-hybridized carbons (Fsp3) is 0.724. The van der Waals surface area contributed by atoms with E-state index in [2.05, 4.69) is 5.32 Å². The summed E-state index contributed by atoms with van der Waals surface area (Å²) in [5.41, 5.74) is 0.427. The predicted octanol–water partition coefficient (Wildman–Crippen LogP) is 4.71. The van der Waals surface area contributed by atoms with Gasteiger partial charge in [-0.25, -0.2) is 8.78 Å². The molecule has 4 fully saturated rings. The molecule has 5 rings (SSSR count). The van der Waals surface area contributed by atoms with Gasteiger partial charge in [0.25, 0.3) is 0 Å². The van der Waals surface area contributed by atoms with Crippen molar-refractivity contribution in [3.05, 3.63) is 35.1 Å². The first-order chi connectivity index (χ1) is 18.3. The maximum Gasteiger partial charge on any atom is 0.247 e. The number of nitrogens with zero attached hydrogens (tertiary/aromatic N) is 2. The Kier molecular flexibility index (Phi) is 8.60. The van der Waals surface area contributed by atoms with Crippen molar-refractivity contribution in [2.24, 2.45) is 11.3 Å². The third kappa shape index (κ3) is 5.33. The number of alkyl halides is 2. The van der Waals surface area contributed by atoms with Crippen LogP contribution < -0.4 is 5.32 Å². The number of nitrogens with one attached hydrogen (secondary N) is 1. The first-order valence-corrected chi connectivity index (χ1v) is 14.7. The van der Waals surface area contributed by atoms with Crippen molar-refractivity contribution in [3.63, 3.8) is 0 Å². The lowest BCUT2D eigenvalue weighted by Gasteiger charge is -2.54. The van der Waals surface area contributed by atoms with Crippen molar-refractivity contribution in [1.82, 2.24) is 15.1 Å². The highest BCUT2D eigenvalue weighted by atomic mass is 35.5. The van der Waals surface area contributed by atoms with Gasteiger partial charge in [0.15, 0.2) is 0 Å². The summed E-state index contributed by atoms with van der Waals surface area (Å²) >= 11 is 6.86. The van der Waals surface area contributed by atoms with E-state index >= 15 is 4.39 Å². The smallest absolute Gasteiger partial charge is 0.247 e. The van der Waals surface area contributed by atoms with Crippen molar-refractivity contribution in [3.8, 4) is 0 Å². The van der Waals surface area contributed by atoms with Gasteiger partial charge in [0.05, 0.1) is 18.6 Å². The molecule has 38 heavy (non-hydrogen) atoms. The normalized spacial score (nSPS) is 31.4. The number of carbonyl (C=O) groups excluding carboxylic acids is 2. The second-order valence-corrected chi connectivity index (χ2v) is 12.3. The lowest BCUT2D eigenvalue weighted by molar-refractivity contribution is -0.175. The molecule has 4 aliphatic rings. The molecule has 1 spiro atoms. The summed E-state index contributed by atoms with van der Waals surface area (Å²) in [6.07, 6.45) is 6.65. The average molecular weight is 552 g/mol. The summed E-state index contributed by atoms with van der Waals surface area (Å²) in [6.45, 7) is 2.72. The molecule has 3 heterocycles. The second kappa shape index (κ2) is 11.8. The molecule has 3 aliphatic heterocycles. The van der Waals surface area contributed by atoms with Crippen molar-refractivity contribution in [2.45, 2.75) is 95.0 Å². The van der Waals surface area contributed by atoms with Crippen LogP contribution in [0.4, 0.5) is 8.78 Å². The van der Waals surface area contributed by atoms with Crippen LogP contribution in [-0.4, -0.2) is 71.7 Å². The maximum absolute atomic E-state index is 16.7. The van der Waals surface area contributed by atoms with Gasteiger partial charge in [0, 0.05) is 24.4 Å². The van der Waals surface area contributed by atoms with Crippen LogP contribution in [0.3, 0.4) is 0 Å². The molecule has 6 nitrogen and oxygen atoms in total. The molecule has 4 unspecified atom stereocenters. The molecule has 4 atom stereocenters. The van der Waals surface area contributed by atoms with Gasteiger partial charge in [-0.15, -0.1) is 11.6 Å². The molecular weight excluding hydrogens is 512 g/mol. The first-order valence-electron chi connectivity index (χ1n) is 14.3. The Morgan fingerprint density at radius 1 is 1.08 bits per heavy atom. The number of piperazine rings is 1. The topological polar surface area (TPSA) is 61.9 Å². The summed E-state index contributed by atoms with van der Waals surface area (Å²) in [4.78, 5) is 30.5. The molecule has 1 aromatic rings. The predicted molar refractivity (Wildman–Crippen MR) is 142 cm³/mol. The number of ether oxygens (including phenoxy) is 1. The van der Waals surface area contributed by atoms with Gasteiger partial charge in [-0.3, -0.25) is 14.9 Å². The van der Waals surface area contributed by atoms with Crippen molar-refractivity contribution >= 4 is 23.4 Å². The van der Waals surface area contributed by atoms with E-state index in [1.165, 1.54) is 22.3 Å². The van der Waals surface area contributed by atoms with Gasteiger partial charge in [-0.2, -0.15) is 0 Å². The van der Waals surface area contributed by atoms with Gasteiger partial charge in [0.2, 0.25) is 11.8 Å². The Bertz CT molecular complexity index is 1010. The van der Waals surface area contributed by atoms with Gasteiger partial charge in [-0.05, 0) is 37.0 Å². The summed E-state index contributed by atoms with van der Waals surface area (Å²) in [5, 5.41) is 2.83. The Balaban J connectivity index is 1.39. The van der Waals surface area contributed by atoms with E-state index in [-0.39, 0.29) is 42.0 Å². The molecule has 0 bridgehead atoms. The second-order valence-electron chi connectivity index (χ2n) is 11.7. The van der Waals surface area contributed by atoms with E-state index in [1.54, 1.807) is 19.1 Å². The summed E-state index contributed by atoms with van der Waals surface area (Å²) in [6, 6.07) is 4.10. The molecule has 0 radical (unpaired) electrons. The van der Waals surface area contributed by atoms with E-state index in [0.29, 0.717) is 43.7 Å². The van der Waals surface area contributed by atoms with Crippen molar-refractivity contribution in [1.29, 1.82) is 0 Å². The molecule has 2 amide bonds. The molecule has 210 valence electrons. The molecule has 0 aromatic heterocycles. The zero-order chi connectivity index (χ0) is 26.9. The van der Waals surface area contributed by atoms with Crippen LogP contribution >= 0.6 is 11.6 Å². The molecule has 9 heteroatoms. The standard InChI is InChI=1S/C29H40ClF2N3O3/c1-19-9-10-20(13-22(19)31)15-34-24(36)16-35(28(37)25(34)21-17-38-18-21)27-26(32)29(23(30)14-33-27)11-7-5-3-2-4-6-8-12-29/h9-10,13,21,23,25-27,33H,2-8,11-12,14-18H2,1H3. The minimum absolute atomic E-state index is 0.127. The molecule has 3 saturated heterocycles. The van der Waals surface area contributed by atoms with Gasteiger partial charge in [0.1, 0.15) is 30.7 Å². The van der Waals surface area contributed by atoms with E-state index in [4.69, 9.17) is 16.3 Å². The lowest BCUT2D eigenvalue weighted by Crippen LogP contribution is -2.73. The number of hydrogen-bond donors (Lipinski definition) is 1. The Hall–Kier alpha value is -1.77. The van der Waals surface area contributed by atoms with Crippen LogP contribution in [0.5, 0.6) is 0 Å². The largest absolute Gasteiger partial charge is 0.380 e. The third-order valence-electron chi connectivity index (χ3n) is 9.27. The highest BCUT2D eigenvalue weighted by Crippen LogP contribution is 2.47. The summed E-state index contributed by atoms with van der Waals surface area (Å²) in [7, 11) is 0. The number of amides is 2. The fourth-order valence-electron chi connectivity index (χ4n) is 6.81. The highest BCUT2D eigenvalue weighted by molar-refractivity contribution is 6.21. The van der Waals surface area contributed by atoms with Crippen LogP contribution in [0.2, 0.25) is 0 Å². The third-order valence-corrected chi connectivity index (χ3v) is 9.86. The molecular formula is C29H40ClF2N3O3. The van der Waals surface area contributed by atoms with E-state index in [0.717, 1.165) is 38.5 Å². The maximum atomic E-state index is 16.7. The number of hydrogen-bond acceptors (Lipinski definition) is 4. The number of benzene rings is 1. The Morgan fingerprint density at radius 2 is 1.74 bits per heavy atom. The van der Waals surface area contributed by atoms with Crippen LogP contribution in [0, 0.1) is 24.1 Å². The number of aryl methyl sites for hydroxylation is 1. The number of piperidine rings is 1. The SMILES string of the molecule is Cc1ccc(CN2C(=O)CN(C3NCC(Cl)C4(CCCCCCCCC4)C3F)C(=O)C2C2COC2)cc1F. The molecule has 1 saturated carbocycles. The molecule has 1 aromatic carbocycles. The zero-order valence-electron chi connectivity index (χ0n) is 22.3. The molecule has 1 aliphatic carbocycles. The van der Waals surface area contributed by atoms with Crippen molar-refractivity contribution in [2.75, 3.05) is 26.3 Å². The zero-order valence-corrected chi connectivity index (χ0v) is 23.0. The number of carbonyl (C=O) groups is 2. The van der Waals surface area contributed by atoms with Crippen LogP contribution in [0.1, 0.15) is 68.9 Å². The van der Waals surface area contributed by atoms with Crippen LogP contribution in [-0.2, 0) is 20.9 Å². The van der Waals surface area contributed by atoms with Gasteiger partial charge >= 0.3 is 0 Å². The fourth-order valence-corrected chi connectivity index (χ4v) is 7.24. The summed E-state index contributed by atoms with van der Waals surface area (Å²) < 4.78 is 36.3. The number of halogens is 3. The van der Waals surface area contributed by atoms with E-state index < -0.39 is 23.8 Å².